The molecule has 4 rings (SSSR count). The van der Waals surface area contributed by atoms with Crippen molar-refractivity contribution in [3.63, 3.8) is 0 Å². The lowest BCUT2D eigenvalue weighted by molar-refractivity contribution is -0.385. The van der Waals surface area contributed by atoms with Gasteiger partial charge in [0.2, 0.25) is 5.12 Å². The highest BCUT2D eigenvalue weighted by Crippen LogP contribution is 2.35. The van der Waals surface area contributed by atoms with Crippen LogP contribution in [0.15, 0.2) is 89.8 Å². The van der Waals surface area contributed by atoms with Gasteiger partial charge in [-0.05, 0) is 53.5 Å². The van der Waals surface area contributed by atoms with Gasteiger partial charge in [-0.25, -0.2) is 0 Å². The molecule has 0 aromatic heterocycles. The zero-order valence-electron chi connectivity index (χ0n) is 17.3. The maximum Gasteiger partial charge on any atom is 0.269 e. The summed E-state index contributed by atoms with van der Waals surface area (Å²) in [7, 11) is 0. The van der Waals surface area contributed by atoms with Crippen LogP contribution in [0.5, 0.6) is 0 Å². The van der Waals surface area contributed by atoms with Crippen LogP contribution in [0, 0.1) is 20.2 Å². The highest BCUT2D eigenvalue weighted by molar-refractivity contribution is 8.14. The highest BCUT2D eigenvalue weighted by Gasteiger charge is 2.16. The van der Waals surface area contributed by atoms with Crippen LogP contribution >= 0.6 is 11.8 Å². The molecule has 0 unspecified atom stereocenters. The molecule has 0 bridgehead atoms. The van der Waals surface area contributed by atoms with Gasteiger partial charge in [-0.2, -0.15) is 0 Å². The Labute approximate surface area is 196 Å². The van der Waals surface area contributed by atoms with Crippen molar-refractivity contribution in [2.45, 2.75) is 4.90 Å². The summed E-state index contributed by atoms with van der Waals surface area (Å²) in [6.45, 7) is 0. The molecule has 10 heteroatoms. The number of nitro groups is 2. The van der Waals surface area contributed by atoms with E-state index in [1.165, 1.54) is 48.5 Å². The standard InChI is InChI=1S/C24H15N3O6S/c28-23(16-7-11-18(12-8-16)26(30)31)25-20-5-1-3-15-4-2-6-21(22(15)20)34-24(29)17-9-13-19(14-10-17)27(32)33/h1-14H,(H,25,28). The van der Waals surface area contributed by atoms with Crippen molar-refractivity contribution in [2.75, 3.05) is 5.32 Å². The summed E-state index contributed by atoms with van der Waals surface area (Å²) in [5.74, 6) is -0.455. The summed E-state index contributed by atoms with van der Waals surface area (Å²) in [6, 6.07) is 21.3. The monoisotopic (exact) mass is 473 g/mol. The summed E-state index contributed by atoms with van der Waals surface area (Å²) in [4.78, 5) is 46.8. The van der Waals surface area contributed by atoms with Crippen molar-refractivity contribution in [3.05, 3.63) is 116 Å². The average molecular weight is 473 g/mol. The average Bonchev–Trinajstić information content (AvgIpc) is 2.84. The van der Waals surface area contributed by atoms with Crippen LogP contribution in [0.2, 0.25) is 0 Å². The molecule has 0 saturated heterocycles. The number of carbonyl (C=O) groups excluding carboxylic acids is 2. The molecule has 0 fully saturated rings. The normalized spacial score (nSPS) is 10.6. The predicted octanol–water partition coefficient (Wildman–Crippen LogP) is 5.84. The number of hydrogen-bond acceptors (Lipinski definition) is 7. The quantitative estimate of drug-likeness (QED) is 0.211. The van der Waals surface area contributed by atoms with Gasteiger partial charge < -0.3 is 5.32 Å². The molecule has 0 spiro atoms. The highest BCUT2D eigenvalue weighted by atomic mass is 32.2. The van der Waals surface area contributed by atoms with E-state index in [1.807, 2.05) is 12.1 Å². The van der Waals surface area contributed by atoms with Crippen LogP contribution in [0.3, 0.4) is 0 Å². The van der Waals surface area contributed by atoms with E-state index >= 15 is 0 Å². The Bertz CT molecular complexity index is 1330. The Morgan fingerprint density at radius 3 is 1.79 bits per heavy atom. The molecular weight excluding hydrogens is 458 g/mol. The minimum atomic E-state index is -0.544. The molecule has 4 aromatic carbocycles. The van der Waals surface area contributed by atoms with Crippen LogP contribution in [0.4, 0.5) is 17.1 Å². The van der Waals surface area contributed by atoms with Crippen molar-refractivity contribution in [1.82, 2.24) is 0 Å². The maximum atomic E-state index is 12.8. The molecule has 168 valence electrons. The number of carbonyl (C=O) groups is 2. The third-order valence-electron chi connectivity index (χ3n) is 4.97. The van der Waals surface area contributed by atoms with Gasteiger partial charge in [-0.15, -0.1) is 0 Å². The molecule has 0 heterocycles. The van der Waals surface area contributed by atoms with E-state index < -0.39 is 15.8 Å². The SMILES string of the molecule is O=C(Nc1cccc2cccc(SC(=O)c3ccc([N+](=O)[O-])cc3)c12)c1ccc([N+](=O)[O-])cc1. The second-order valence-electron chi connectivity index (χ2n) is 7.11. The minimum absolute atomic E-state index is 0.108. The van der Waals surface area contributed by atoms with Gasteiger partial charge in [0.25, 0.3) is 17.3 Å². The number of nitro benzene ring substituents is 2. The Balaban J connectivity index is 1.63. The van der Waals surface area contributed by atoms with E-state index in [4.69, 9.17) is 0 Å². The Morgan fingerprint density at radius 2 is 1.24 bits per heavy atom. The van der Waals surface area contributed by atoms with Crippen molar-refractivity contribution in [2.24, 2.45) is 0 Å². The van der Waals surface area contributed by atoms with Crippen molar-refractivity contribution in [3.8, 4) is 0 Å². The molecule has 0 aliphatic carbocycles. The number of nitrogens with zero attached hydrogens (tertiary/aromatic N) is 2. The first-order chi connectivity index (χ1) is 16.3. The van der Waals surface area contributed by atoms with E-state index in [0.29, 0.717) is 21.5 Å². The Morgan fingerprint density at radius 1 is 0.706 bits per heavy atom. The van der Waals surface area contributed by atoms with E-state index in [-0.39, 0.29) is 22.1 Å². The molecule has 0 aliphatic rings. The third kappa shape index (κ3) is 4.76. The second-order valence-corrected chi connectivity index (χ2v) is 8.13. The first kappa shape index (κ1) is 22.6. The second kappa shape index (κ2) is 9.51. The number of benzene rings is 4. The maximum absolute atomic E-state index is 12.8. The van der Waals surface area contributed by atoms with Gasteiger partial charge >= 0.3 is 0 Å². The Hall–Kier alpha value is -4.57. The summed E-state index contributed by atoms with van der Waals surface area (Å²) in [5, 5.41) is 25.6. The predicted molar refractivity (Wildman–Crippen MR) is 128 cm³/mol. The van der Waals surface area contributed by atoms with Gasteiger partial charge in [0, 0.05) is 45.7 Å². The first-order valence-corrected chi connectivity index (χ1v) is 10.7. The fourth-order valence-electron chi connectivity index (χ4n) is 3.30. The molecule has 1 N–H and O–H groups in total. The first-order valence-electron chi connectivity index (χ1n) is 9.87. The zero-order chi connectivity index (χ0) is 24.2. The number of hydrogen-bond donors (Lipinski definition) is 1. The number of fused-ring (bicyclic) bond motifs is 1. The zero-order valence-corrected chi connectivity index (χ0v) is 18.2. The van der Waals surface area contributed by atoms with Crippen molar-refractivity contribution < 1.29 is 19.4 Å². The van der Waals surface area contributed by atoms with Gasteiger partial charge in [-0.3, -0.25) is 29.8 Å². The lowest BCUT2D eigenvalue weighted by atomic mass is 10.1. The topological polar surface area (TPSA) is 132 Å². The van der Waals surface area contributed by atoms with Crippen LogP contribution in [0.1, 0.15) is 20.7 Å². The van der Waals surface area contributed by atoms with E-state index in [0.717, 1.165) is 17.1 Å². The fraction of sp³-hybridized carbons (Fsp3) is 0. The molecule has 0 atom stereocenters. The van der Waals surface area contributed by atoms with Crippen LogP contribution < -0.4 is 5.32 Å². The smallest absolute Gasteiger partial charge is 0.269 e. The minimum Gasteiger partial charge on any atom is -0.321 e. The van der Waals surface area contributed by atoms with E-state index in [2.05, 4.69) is 5.32 Å². The summed E-state index contributed by atoms with van der Waals surface area (Å²) in [6.07, 6.45) is 0. The molecular formula is C24H15N3O6S. The fourth-order valence-corrected chi connectivity index (χ4v) is 4.23. The number of non-ortho nitro benzene ring substituents is 2. The van der Waals surface area contributed by atoms with Crippen LogP contribution in [-0.2, 0) is 0 Å². The number of amides is 1. The molecule has 34 heavy (non-hydrogen) atoms. The molecule has 0 radical (unpaired) electrons. The van der Waals surface area contributed by atoms with Crippen LogP contribution in [-0.4, -0.2) is 20.9 Å². The molecule has 4 aromatic rings. The van der Waals surface area contributed by atoms with E-state index in [9.17, 15) is 29.8 Å². The van der Waals surface area contributed by atoms with E-state index in [1.54, 1.807) is 24.3 Å². The summed E-state index contributed by atoms with van der Waals surface area (Å²) < 4.78 is 0. The molecule has 9 nitrogen and oxygen atoms in total. The summed E-state index contributed by atoms with van der Waals surface area (Å²) in [5.41, 5.74) is 0.795. The molecule has 0 aliphatic heterocycles. The van der Waals surface area contributed by atoms with Gasteiger partial charge in [0.1, 0.15) is 0 Å². The lowest BCUT2D eigenvalue weighted by Gasteiger charge is -2.12. The van der Waals surface area contributed by atoms with Crippen molar-refractivity contribution in [1.29, 1.82) is 0 Å². The largest absolute Gasteiger partial charge is 0.321 e. The molecule has 1 amide bonds. The van der Waals surface area contributed by atoms with Crippen LogP contribution in [0.25, 0.3) is 10.8 Å². The van der Waals surface area contributed by atoms with Gasteiger partial charge in [0.15, 0.2) is 0 Å². The lowest BCUT2D eigenvalue weighted by Crippen LogP contribution is -2.12. The summed E-state index contributed by atoms with van der Waals surface area (Å²) >= 11 is 0.948. The third-order valence-corrected chi connectivity index (χ3v) is 5.95. The number of thioether (sulfide) groups is 1. The Kier molecular flexibility index (Phi) is 6.33. The molecule has 0 saturated carbocycles. The number of nitrogens with one attached hydrogen (secondary N) is 1. The number of rotatable bonds is 6. The van der Waals surface area contributed by atoms with Gasteiger partial charge in [-0.1, -0.05) is 24.3 Å². The number of anilines is 1. The van der Waals surface area contributed by atoms with Gasteiger partial charge in [0.05, 0.1) is 15.5 Å². The van der Waals surface area contributed by atoms with Crippen molar-refractivity contribution >= 4 is 50.6 Å².